The molecular weight excluding hydrogens is 388 g/mol. The number of morpholine rings is 1. The number of carbonyl (C=O) groups is 2. The Balaban J connectivity index is 2.27. The Morgan fingerprint density at radius 2 is 1.93 bits per heavy atom. The molecule has 0 aliphatic carbocycles. The van der Waals surface area contributed by atoms with Crippen molar-refractivity contribution in [1.29, 1.82) is 0 Å². The fourth-order valence-electron chi connectivity index (χ4n) is 3.39. The number of hydrogen-bond acceptors (Lipinski definition) is 7. The Kier molecular flexibility index (Phi) is 8.65. The minimum atomic E-state index is -0.631. The number of rotatable bonds is 8. The maximum Gasteiger partial charge on any atom is 0.324 e. The molecule has 2 rings (SSSR count). The highest BCUT2D eigenvalue weighted by atomic mass is 16.6. The second-order valence-electron chi connectivity index (χ2n) is 8.27. The molecule has 0 saturated carbocycles. The normalized spacial score (nSPS) is 20.7. The van der Waals surface area contributed by atoms with Gasteiger partial charge < -0.3 is 14.2 Å². The summed E-state index contributed by atoms with van der Waals surface area (Å²) in [6, 6.07) is 9.12. The van der Waals surface area contributed by atoms with Gasteiger partial charge in [-0.15, -0.1) is 0 Å². The van der Waals surface area contributed by atoms with Crippen molar-refractivity contribution in [3.8, 4) is 0 Å². The van der Waals surface area contributed by atoms with E-state index >= 15 is 0 Å². The molecule has 0 radical (unpaired) electrons. The number of carbonyl (C=O) groups excluding carboxylic acids is 2. The lowest BCUT2D eigenvalue weighted by atomic mass is 10.0. The Bertz CT molecular complexity index is 758. The van der Waals surface area contributed by atoms with Crippen molar-refractivity contribution in [1.82, 2.24) is 4.90 Å². The second kappa shape index (κ2) is 11.0. The molecule has 9 heteroatoms. The van der Waals surface area contributed by atoms with Crippen LogP contribution in [0.3, 0.4) is 0 Å². The molecule has 1 heterocycles. The number of benzene rings is 1. The quantitative estimate of drug-likeness (QED) is 0.278. The zero-order valence-corrected chi connectivity index (χ0v) is 18.0. The topological polar surface area (TPSA) is 114 Å². The average Bonchev–Trinajstić information content (AvgIpc) is 2.69. The molecule has 1 aromatic carbocycles. The van der Waals surface area contributed by atoms with E-state index < -0.39 is 29.8 Å². The van der Waals surface area contributed by atoms with Crippen LogP contribution in [-0.2, 0) is 30.2 Å². The molecule has 1 aliphatic rings. The summed E-state index contributed by atoms with van der Waals surface area (Å²) in [6.07, 6.45) is -0.419. The first-order chi connectivity index (χ1) is 14.2. The molecule has 1 fully saturated rings. The fourth-order valence-corrected chi connectivity index (χ4v) is 3.39. The Hall–Kier alpha value is -2.61. The van der Waals surface area contributed by atoms with E-state index in [1.165, 1.54) is 7.11 Å². The first kappa shape index (κ1) is 23.7. The predicted octanol–water partition coefficient (Wildman–Crippen LogP) is 2.88. The number of methoxy groups -OCH3 is 1. The third-order valence-corrected chi connectivity index (χ3v) is 4.62. The van der Waals surface area contributed by atoms with Crippen LogP contribution in [0.15, 0.2) is 35.4 Å². The van der Waals surface area contributed by atoms with Crippen LogP contribution in [0, 0.1) is 0 Å². The van der Waals surface area contributed by atoms with E-state index in [1.54, 1.807) is 0 Å². The van der Waals surface area contributed by atoms with E-state index in [9.17, 15) is 9.59 Å². The summed E-state index contributed by atoms with van der Waals surface area (Å²) in [5.41, 5.74) is 9.04. The van der Waals surface area contributed by atoms with Crippen molar-refractivity contribution in [3.63, 3.8) is 0 Å². The summed E-state index contributed by atoms with van der Waals surface area (Å²) in [4.78, 5) is 29.6. The first-order valence-corrected chi connectivity index (χ1v) is 9.95. The van der Waals surface area contributed by atoms with E-state index in [0.717, 1.165) is 5.56 Å². The van der Waals surface area contributed by atoms with E-state index in [-0.39, 0.29) is 18.9 Å². The average molecular weight is 418 g/mol. The maximum absolute atomic E-state index is 13.1. The minimum absolute atomic E-state index is 0.0478. The molecule has 1 aromatic rings. The minimum Gasteiger partial charge on any atom is -0.469 e. The molecule has 0 N–H and O–H groups in total. The number of nitrogens with zero attached hydrogens (tertiary/aromatic N) is 4. The Labute approximate surface area is 176 Å². The lowest BCUT2D eigenvalue weighted by Gasteiger charge is -2.41. The van der Waals surface area contributed by atoms with Crippen molar-refractivity contribution in [3.05, 3.63) is 46.3 Å². The van der Waals surface area contributed by atoms with Gasteiger partial charge in [0.1, 0.15) is 11.6 Å². The number of hydrogen-bond donors (Lipinski definition) is 0. The van der Waals surface area contributed by atoms with Gasteiger partial charge >= 0.3 is 11.9 Å². The van der Waals surface area contributed by atoms with Gasteiger partial charge in [0.2, 0.25) is 0 Å². The highest BCUT2D eigenvalue weighted by molar-refractivity contribution is 5.76. The van der Waals surface area contributed by atoms with Gasteiger partial charge in [0.15, 0.2) is 0 Å². The standard InChI is InChI=1S/C21H30N4O5/c1-21(2,3)30-20(27)18(10-15-8-6-5-7-9-15)25-13-16(11-19(26)28-4)29-17(14-25)12-23-24-22/h5-9,16-18H,10-14H2,1-4H3/t16-,17+,18-/m0/s1. The maximum atomic E-state index is 13.1. The molecule has 164 valence electrons. The molecule has 1 aliphatic heterocycles. The molecule has 0 aromatic heterocycles. The Morgan fingerprint density at radius 1 is 1.27 bits per heavy atom. The summed E-state index contributed by atoms with van der Waals surface area (Å²) in [7, 11) is 1.32. The van der Waals surface area contributed by atoms with Crippen LogP contribution in [0.5, 0.6) is 0 Å². The molecule has 0 amide bonds. The summed E-state index contributed by atoms with van der Waals surface area (Å²) in [6.45, 7) is 6.33. The van der Waals surface area contributed by atoms with Crippen LogP contribution in [0.4, 0.5) is 0 Å². The summed E-state index contributed by atoms with van der Waals surface area (Å²) in [5.74, 6) is -0.742. The highest BCUT2D eigenvalue weighted by Gasteiger charge is 2.37. The van der Waals surface area contributed by atoms with Gasteiger partial charge in [-0.1, -0.05) is 35.4 Å². The predicted molar refractivity (Wildman–Crippen MR) is 111 cm³/mol. The zero-order valence-electron chi connectivity index (χ0n) is 18.0. The van der Waals surface area contributed by atoms with Crippen LogP contribution < -0.4 is 0 Å². The monoisotopic (exact) mass is 418 g/mol. The van der Waals surface area contributed by atoms with Crippen LogP contribution in [0.1, 0.15) is 32.8 Å². The Morgan fingerprint density at radius 3 is 2.53 bits per heavy atom. The van der Waals surface area contributed by atoms with Crippen LogP contribution in [0.25, 0.3) is 10.4 Å². The van der Waals surface area contributed by atoms with Crippen molar-refractivity contribution in [2.24, 2.45) is 5.11 Å². The van der Waals surface area contributed by atoms with Crippen molar-refractivity contribution >= 4 is 11.9 Å². The van der Waals surface area contributed by atoms with Crippen LogP contribution in [0.2, 0.25) is 0 Å². The third kappa shape index (κ3) is 7.67. The third-order valence-electron chi connectivity index (χ3n) is 4.62. The number of esters is 2. The lowest BCUT2D eigenvalue weighted by molar-refractivity contribution is -0.168. The van der Waals surface area contributed by atoms with Gasteiger partial charge in [-0.05, 0) is 38.3 Å². The summed E-state index contributed by atoms with van der Waals surface area (Å²) < 4.78 is 16.4. The van der Waals surface area contributed by atoms with Gasteiger partial charge in [0, 0.05) is 18.0 Å². The SMILES string of the molecule is COC(=O)C[C@H]1CN([C@@H](Cc2ccccc2)C(=O)OC(C)(C)C)C[C@@H](CN=[N+]=[N-])O1. The van der Waals surface area contributed by atoms with Gasteiger partial charge in [-0.3, -0.25) is 14.5 Å². The summed E-state index contributed by atoms with van der Waals surface area (Å²) >= 11 is 0. The zero-order chi connectivity index (χ0) is 22.1. The van der Waals surface area contributed by atoms with E-state index in [2.05, 4.69) is 10.0 Å². The molecule has 9 nitrogen and oxygen atoms in total. The molecule has 0 unspecified atom stereocenters. The molecule has 1 saturated heterocycles. The van der Waals surface area contributed by atoms with Crippen molar-refractivity contribution in [2.45, 2.75) is 57.5 Å². The first-order valence-electron chi connectivity index (χ1n) is 9.95. The lowest BCUT2D eigenvalue weighted by Crippen LogP contribution is -2.56. The highest BCUT2D eigenvalue weighted by Crippen LogP contribution is 2.22. The molecule has 30 heavy (non-hydrogen) atoms. The largest absolute Gasteiger partial charge is 0.469 e. The fraction of sp³-hybridized carbons (Fsp3) is 0.619. The van der Waals surface area contributed by atoms with Crippen LogP contribution in [-0.4, -0.2) is 67.4 Å². The molecule has 0 bridgehead atoms. The second-order valence-corrected chi connectivity index (χ2v) is 8.27. The number of azide groups is 1. The van der Waals surface area contributed by atoms with Crippen LogP contribution >= 0.6 is 0 Å². The molecule has 3 atom stereocenters. The summed E-state index contributed by atoms with van der Waals surface area (Å²) in [5, 5.41) is 3.61. The van der Waals surface area contributed by atoms with E-state index in [1.807, 2.05) is 56.0 Å². The van der Waals surface area contributed by atoms with E-state index in [4.69, 9.17) is 19.7 Å². The van der Waals surface area contributed by atoms with E-state index in [0.29, 0.717) is 19.5 Å². The van der Waals surface area contributed by atoms with Gasteiger partial charge in [-0.2, -0.15) is 0 Å². The van der Waals surface area contributed by atoms with Gasteiger partial charge in [-0.25, -0.2) is 0 Å². The smallest absolute Gasteiger partial charge is 0.324 e. The van der Waals surface area contributed by atoms with Gasteiger partial charge in [0.25, 0.3) is 0 Å². The molecular formula is C21H30N4O5. The van der Waals surface area contributed by atoms with Crippen molar-refractivity contribution < 1.29 is 23.8 Å². The van der Waals surface area contributed by atoms with Crippen molar-refractivity contribution in [2.75, 3.05) is 26.7 Å². The molecule has 0 spiro atoms. The van der Waals surface area contributed by atoms with Gasteiger partial charge in [0.05, 0.1) is 32.3 Å². The number of ether oxygens (including phenoxy) is 3.